The quantitative estimate of drug-likeness (QED) is 0.697. The fourth-order valence-electron chi connectivity index (χ4n) is 1.82. The van der Waals surface area contributed by atoms with Gasteiger partial charge in [-0.15, -0.1) is 0 Å². The van der Waals surface area contributed by atoms with Crippen molar-refractivity contribution in [1.29, 1.82) is 0 Å². The van der Waals surface area contributed by atoms with Crippen LogP contribution in [-0.2, 0) is 6.54 Å². The molecule has 0 aliphatic rings. The van der Waals surface area contributed by atoms with Crippen LogP contribution in [-0.4, -0.2) is 6.61 Å². The number of fused-ring (bicyclic) bond motifs is 1. The smallest absolute Gasteiger partial charge is 0.216 e. The van der Waals surface area contributed by atoms with Crippen LogP contribution in [0.5, 0.6) is 5.75 Å². The van der Waals surface area contributed by atoms with Crippen molar-refractivity contribution in [3.05, 3.63) is 36.5 Å². The number of ether oxygens (including phenoxy) is 1. The molecule has 1 aromatic carbocycles. The van der Waals surface area contributed by atoms with Crippen LogP contribution in [0.4, 0.5) is 0 Å². The first-order valence-corrected chi connectivity index (χ1v) is 5.40. The number of hydrogen-bond acceptors (Lipinski definition) is 1. The van der Waals surface area contributed by atoms with Crippen LogP contribution in [0.15, 0.2) is 36.5 Å². The first-order chi connectivity index (χ1) is 7.36. The molecule has 0 aliphatic carbocycles. The number of aryl methyl sites for hydroxylation is 1. The zero-order chi connectivity index (χ0) is 10.7. The molecule has 1 heterocycles. The van der Waals surface area contributed by atoms with Crippen molar-refractivity contribution in [2.75, 3.05) is 6.61 Å². The highest BCUT2D eigenvalue weighted by Gasteiger charge is 2.10. The number of benzene rings is 1. The summed E-state index contributed by atoms with van der Waals surface area (Å²) in [4.78, 5) is 0. The van der Waals surface area contributed by atoms with E-state index >= 15 is 0 Å². The standard InChI is InChI=1S/C13H16NO/c1-3-14-10-9-13(15-4-2)11-7-5-6-8-12(11)14/h5-10H,3-4H2,1-2H3/q+1. The summed E-state index contributed by atoms with van der Waals surface area (Å²) >= 11 is 0. The van der Waals surface area contributed by atoms with Crippen LogP contribution in [0.1, 0.15) is 13.8 Å². The van der Waals surface area contributed by atoms with Crippen molar-refractivity contribution < 1.29 is 9.30 Å². The number of rotatable bonds is 3. The third kappa shape index (κ3) is 1.80. The SMILES string of the molecule is CCOc1cc[n+](CC)c2ccccc12. The molecular formula is C13H16NO+. The van der Waals surface area contributed by atoms with Gasteiger partial charge in [-0.25, -0.2) is 0 Å². The second-order valence-corrected chi connectivity index (χ2v) is 3.42. The maximum absolute atomic E-state index is 5.61. The summed E-state index contributed by atoms with van der Waals surface area (Å²) in [6.07, 6.45) is 2.08. The van der Waals surface area contributed by atoms with E-state index in [1.807, 2.05) is 19.1 Å². The molecule has 0 radical (unpaired) electrons. The third-order valence-corrected chi connectivity index (χ3v) is 2.53. The minimum atomic E-state index is 0.708. The van der Waals surface area contributed by atoms with Crippen molar-refractivity contribution in [3.8, 4) is 5.75 Å². The normalized spacial score (nSPS) is 10.5. The molecule has 2 nitrogen and oxygen atoms in total. The highest BCUT2D eigenvalue weighted by Crippen LogP contribution is 2.22. The maximum atomic E-state index is 5.61. The average Bonchev–Trinajstić information content (AvgIpc) is 2.30. The van der Waals surface area contributed by atoms with Gasteiger partial charge >= 0.3 is 0 Å². The van der Waals surface area contributed by atoms with Gasteiger partial charge in [0, 0.05) is 12.1 Å². The van der Waals surface area contributed by atoms with Gasteiger partial charge < -0.3 is 4.74 Å². The van der Waals surface area contributed by atoms with Gasteiger partial charge in [0.1, 0.15) is 12.3 Å². The third-order valence-electron chi connectivity index (χ3n) is 2.53. The van der Waals surface area contributed by atoms with Gasteiger partial charge in [-0.3, -0.25) is 0 Å². The number of pyridine rings is 1. The lowest BCUT2D eigenvalue weighted by Gasteiger charge is -2.06. The molecule has 2 rings (SSSR count). The molecule has 0 amide bonds. The van der Waals surface area contributed by atoms with Crippen molar-refractivity contribution in [2.24, 2.45) is 0 Å². The van der Waals surface area contributed by atoms with Crippen molar-refractivity contribution in [3.63, 3.8) is 0 Å². The zero-order valence-corrected chi connectivity index (χ0v) is 9.23. The molecule has 0 fully saturated rings. The molecule has 78 valence electrons. The molecule has 0 N–H and O–H groups in total. The first kappa shape index (κ1) is 9.97. The number of para-hydroxylation sites is 1. The molecule has 0 atom stereocenters. The maximum Gasteiger partial charge on any atom is 0.216 e. The second-order valence-electron chi connectivity index (χ2n) is 3.42. The molecule has 2 aromatic rings. The van der Waals surface area contributed by atoms with E-state index in [4.69, 9.17) is 4.74 Å². The Morgan fingerprint density at radius 3 is 2.67 bits per heavy atom. The van der Waals surface area contributed by atoms with Gasteiger partial charge in [-0.2, -0.15) is 4.57 Å². The summed E-state index contributed by atoms with van der Waals surface area (Å²) in [5.41, 5.74) is 1.23. The molecule has 0 unspecified atom stereocenters. The summed E-state index contributed by atoms with van der Waals surface area (Å²) in [6, 6.07) is 10.4. The van der Waals surface area contributed by atoms with Gasteiger partial charge in [0.25, 0.3) is 0 Å². The van der Waals surface area contributed by atoms with Crippen molar-refractivity contribution in [2.45, 2.75) is 20.4 Å². The topological polar surface area (TPSA) is 13.1 Å². The summed E-state index contributed by atoms with van der Waals surface area (Å²) in [6.45, 7) is 5.84. The van der Waals surface area contributed by atoms with E-state index in [1.54, 1.807) is 0 Å². The van der Waals surface area contributed by atoms with Gasteiger partial charge in [0.05, 0.1) is 12.0 Å². The molecule has 2 heteroatoms. The van der Waals surface area contributed by atoms with E-state index in [2.05, 4.69) is 35.9 Å². The molecule has 0 bridgehead atoms. The van der Waals surface area contributed by atoms with Gasteiger partial charge in [0.15, 0.2) is 6.20 Å². The number of hydrogen-bond donors (Lipinski definition) is 0. The van der Waals surface area contributed by atoms with Crippen LogP contribution in [0, 0.1) is 0 Å². The Morgan fingerprint density at radius 1 is 1.13 bits per heavy atom. The summed E-state index contributed by atoms with van der Waals surface area (Å²) in [5.74, 6) is 0.970. The van der Waals surface area contributed by atoms with E-state index in [1.165, 1.54) is 10.9 Å². The lowest BCUT2D eigenvalue weighted by molar-refractivity contribution is -0.667. The average molecular weight is 202 g/mol. The molecule has 0 saturated heterocycles. The second kappa shape index (κ2) is 4.30. The van der Waals surface area contributed by atoms with E-state index in [0.29, 0.717) is 6.61 Å². The van der Waals surface area contributed by atoms with E-state index < -0.39 is 0 Å². The monoisotopic (exact) mass is 202 g/mol. The van der Waals surface area contributed by atoms with Crippen molar-refractivity contribution >= 4 is 10.9 Å². The number of aromatic nitrogens is 1. The summed E-state index contributed by atoms with van der Waals surface area (Å²) < 4.78 is 7.83. The molecule has 0 saturated carbocycles. The van der Waals surface area contributed by atoms with Gasteiger partial charge in [-0.1, -0.05) is 12.1 Å². The van der Waals surface area contributed by atoms with Crippen LogP contribution >= 0.6 is 0 Å². The Kier molecular flexibility index (Phi) is 2.86. The van der Waals surface area contributed by atoms with Crippen LogP contribution in [0.25, 0.3) is 10.9 Å². The highest BCUT2D eigenvalue weighted by atomic mass is 16.5. The largest absolute Gasteiger partial charge is 0.493 e. The van der Waals surface area contributed by atoms with E-state index in [-0.39, 0.29) is 0 Å². The zero-order valence-electron chi connectivity index (χ0n) is 9.23. The lowest BCUT2D eigenvalue weighted by Crippen LogP contribution is -2.32. The fraction of sp³-hybridized carbons (Fsp3) is 0.308. The highest BCUT2D eigenvalue weighted by molar-refractivity contribution is 5.82. The Labute approximate surface area is 90.1 Å². The molecular weight excluding hydrogens is 186 g/mol. The minimum Gasteiger partial charge on any atom is -0.493 e. The van der Waals surface area contributed by atoms with E-state index in [9.17, 15) is 0 Å². The van der Waals surface area contributed by atoms with Gasteiger partial charge in [-0.05, 0) is 19.9 Å². The van der Waals surface area contributed by atoms with E-state index in [0.717, 1.165) is 12.3 Å². The predicted molar refractivity (Wildman–Crippen MR) is 61.0 cm³/mol. The van der Waals surface area contributed by atoms with Crippen molar-refractivity contribution in [1.82, 2.24) is 0 Å². The molecule has 15 heavy (non-hydrogen) atoms. The Balaban J connectivity index is 2.66. The Morgan fingerprint density at radius 2 is 1.93 bits per heavy atom. The molecule has 1 aromatic heterocycles. The predicted octanol–water partition coefficient (Wildman–Crippen LogP) is 2.55. The first-order valence-electron chi connectivity index (χ1n) is 5.40. The molecule has 0 spiro atoms. The summed E-state index contributed by atoms with van der Waals surface area (Å²) in [5, 5.41) is 1.18. The van der Waals surface area contributed by atoms with Gasteiger partial charge in [0.2, 0.25) is 5.52 Å². The summed E-state index contributed by atoms with van der Waals surface area (Å²) in [7, 11) is 0. The number of nitrogens with zero attached hydrogens (tertiary/aromatic N) is 1. The Bertz CT molecular complexity index is 465. The molecule has 0 aliphatic heterocycles. The van der Waals surface area contributed by atoms with Crippen LogP contribution < -0.4 is 9.30 Å². The Hall–Kier alpha value is -1.57. The fourth-order valence-corrected chi connectivity index (χ4v) is 1.82. The van der Waals surface area contributed by atoms with Crippen LogP contribution in [0.2, 0.25) is 0 Å². The minimum absolute atomic E-state index is 0.708. The lowest BCUT2D eigenvalue weighted by atomic mass is 10.2. The van der Waals surface area contributed by atoms with Crippen LogP contribution in [0.3, 0.4) is 0 Å².